The summed E-state index contributed by atoms with van der Waals surface area (Å²) in [5.74, 6) is -1.13. The van der Waals surface area contributed by atoms with E-state index in [4.69, 9.17) is 16.3 Å². The highest BCUT2D eigenvalue weighted by molar-refractivity contribution is 6.30. The highest BCUT2D eigenvalue weighted by Crippen LogP contribution is 2.47. The van der Waals surface area contributed by atoms with Gasteiger partial charge in [-0.15, -0.1) is 0 Å². The van der Waals surface area contributed by atoms with Crippen molar-refractivity contribution >= 4 is 40.8 Å². The van der Waals surface area contributed by atoms with E-state index in [9.17, 15) is 14.4 Å². The molecule has 27 heavy (non-hydrogen) atoms. The Balaban J connectivity index is 1.63. The lowest BCUT2D eigenvalue weighted by Crippen LogP contribution is -2.35. The van der Waals surface area contributed by atoms with Crippen LogP contribution in [-0.2, 0) is 14.3 Å². The average molecular weight is 387 g/mol. The maximum absolute atomic E-state index is 12.6. The van der Waals surface area contributed by atoms with Gasteiger partial charge in [0.2, 0.25) is 11.8 Å². The first-order valence-electron chi connectivity index (χ1n) is 8.60. The van der Waals surface area contributed by atoms with Crippen molar-refractivity contribution in [1.82, 2.24) is 0 Å². The zero-order chi connectivity index (χ0) is 19.4. The normalized spacial score (nSPS) is 14.1. The minimum Gasteiger partial charge on any atom is -0.462 e. The standard InChI is InChI=1S/C20H19ClN2O4/c1-2-27-17(24)13-3-7-15(8-4-13)22-18(25)20(11-12-20)19(26)23-16-9-5-14(21)6-10-16/h3-10H,2,11-12H2,1H3,(H,22,25)(H,23,26). The molecule has 0 saturated heterocycles. The number of halogens is 1. The fourth-order valence-corrected chi connectivity index (χ4v) is 2.75. The number of anilines is 2. The Morgan fingerprint density at radius 3 is 1.85 bits per heavy atom. The van der Waals surface area contributed by atoms with Gasteiger partial charge >= 0.3 is 5.97 Å². The summed E-state index contributed by atoms with van der Waals surface area (Å²) in [6.45, 7) is 2.03. The number of rotatable bonds is 6. The largest absolute Gasteiger partial charge is 0.462 e. The molecule has 2 N–H and O–H groups in total. The van der Waals surface area contributed by atoms with Crippen LogP contribution < -0.4 is 10.6 Å². The predicted molar refractivity (Wildman–Crippen MR) is 103 cm³/mol. The molecule has 2 aromatic rings. The summed E-state index contributed by atoms with van der Waals surface area (Å²) in [6.07, 6.45) is 0.971. The number of nitrogens with one attached hydrogen (secondary N) is 2. The third kappa shape index (κ3) is 4.28. The molecule has 1 fully saturated rings. The second kappa shape index (κ2) is 7.80. The Hall–Kier alpha value is -2.86. The molecule has 6 nitrogen and oxygen atoms in total. The molecule has 2 aromatic carbocycles. The van der Waals surface area contributed by atoms with E-state index < -0.39 is 11.4 Å². The van der Waals surface area contributed by atoms with Crippen molar-refractivity contribution in [2.24, 2.45) is 5.41 Å². The summed E-state index contributed by atoms with van der Waals surface area (Å²) in [4.78, 5) is 36.8. The second-order valence-electron chi connectivity index (χ2n) is 6.30. The van der Waals surface area contributed by atoms with Crippen molar-refractivity contribution in [1.29, 1.82) is 0 Å². The van der Waals surface area contributed by atoms with Gasteiger partial charge in [-0.3, -0.25) is 9.59 Å². The number of hydrogen-bond donors (Lipinski definition) is 2. The van der Waals surface area contributed by atoms with E-state index >= 15 is 0 Å². The van der Waals surface area contributed by atoms with Gasteiger partial charge < -0.3 is 15.4 Å². The van der Waals surface area contributed by atoms with Crippen LogP contribution in [0.2, 0.25) is 5.02 Å². The van der Waals surface area contributed by atoms with Crippen LogP contribution in [0.4, 0.5) is 11.4 Å². The molecule has 1 saturated carbocycles. The quantitative estimate of drug-likeness (QED) is 0.583. The molecule has 3 rings (SSSR count). The number of esters is 1. The lowest BCUT2D eigenvalue weighted by molar-refractivity contribution is -0.131. The Bertz CT molecular complexity index is 859. The number of benzene rings is 2. The molecule has 0 atom stereocenters. The van der Waals surface area contributed by atoms with Crippen molar-refractivity contribution in [2.75, 3.05) is 17.2 Å². The first-order chi connectivity index (χ1) is 12.9. The van der Waals surface area contributed by atoms with Gasteiger partial charge in [-0.25, -0.2) is 4.79 Å². The maximum Gasteiger partial charge on any atom is 0.338 e. The molecule has 7 heteroatoms. The number of carbonyl (C=O) groups excluding carboxylic acids is 3. The lowest BCUT2D eigenvalue weighted by Gasteiger charge is -2.15. The molecule has 0 unspecified atom stereocenters. The molecule has 0 radical (unpaired) electrons. The van der Waals surface area contributed by atoms with Crippen molar-refractivity contribution in [3.05, 3.63) is 59.1 Å². The Labute approximate surface area is 161 Å². The molecule has 0 bridgehead atoms. The first kappa shape index (κ1) is 18.9. The van der Waals surface area contributed by atoms with Crippen molar-refractivity contribution in [3.63, 3.8) is 0 Å². The fourth-order valence-electron chi connectivity index (χ4n) is 2.62. The van der Waals surface area contributed by atoms with Crippen molar-refractivity contribution < 1.29 is 19.1 Å². The SMILES string of the molecule is CCOC(=O)c1ccc(NC(=O)C2(C(=O)Nc3ccc(Cl)cc3)CC2)cc1. The highest BCUT2D eigenvalue weighted by Gasteiger charge is 2.56. The molecule has 1 aliphatic carbocycles. The van der Waals surface area contributed by atoms with E-state index in [1.54, 1.807) is 55.5 Å². The average Bonchev–Trinajstić information content (AvgIpc) is 3.46. The highest BCUT2D eigenvalue weighted by atomic mass is 35.5. The van der Waals surface area contributed by atoms with Crippen LogP contribution in [0.25, 0.3) is 0 Å². The molecule has 0 aliphatic heterocycles. The van der Waals surface area contributed by atoms with Gasteiger partial charge in [0, 0.05) is 16.4 Å². The van der Waals surface area contributed by atoms with Gasteiger partial charge in [-0.2, -0.15) is 0 Å². The Kier molecular flexibility index (Phi) is 5.46. The van der Waals surface area contributed by atoms with Gasteiger partial charge in [-0.1, -0.05) is 11.6 Å². The molecular formula is C20H19ClN2O4. The number of hydrogen-bond acceptors (Lipinski definition) is 4. The summed E-state index contributed by atoms with van der Waals surface area (Å²) in [7, 11) is 0. The van der Waals surface area contributed by atoms with Crippen LogP contribution in [-0.4, -0.2) is 24.4 Å². The zero-order valence-electron chi connectivity index (χ0n) is 14.8. The zero-order valence-corrected chi connectivity index (χ0v) is 15.5. The molecular weight excluding hydrogens is 368 g/mol. The molecule has 140 valence electrons. The van der Waals surface area contributed by atoms with E-state index in [0.717, 1.165) is 0 Å². The van der Waals surface area contributed by atoms with E-state index in [2.05, 4.69) is 10.6 Å². The predicted octanol–water partition coefficient (Wildman–Crippen LogP) is 3.87. The third-order valence-electron chi connectivity index (χ3n) is 4.38. The molecule has 0 heterocycles. The summed E-state index contributed by atoms with van der Waals surface area (Å²) >= 11 is 5.83. The third-order valence-corrected chi connectivity index (χ3v) is 4.63. The summed E-state index contributed by atoms with van der Waals surface area (Å²) in [5, 5.41) is 6.07. The Morgan fingerprint density at radius 2 is 1.41 bits per heavy atom. The topological polar surface area (TPSA) is 84.5 Å². The molecule has 0 aromatic heterocycles. The van der Waals surface area contributed by atoms with Gasteiger partial charge in [0.25, 0.3) is 0 Å². The monoisotopic (exact) mass is 386 g/mol. The fraction of sp³-hybridized carbons (Fsp3) is 0.250. The van der Waals surface area contributed by atoms with Crippen LogP contribution in [0.1, 0.15) is 30.1 Å². The smallest absolute Gasteiger partial charge is 0.338 e. The van der Waals surface area contributed by atoms with Crippen LogP contribution in [0, 0.1) is 5.41 Å². The van der Waals surface area contributed by atoms with Crippen LogP contribution in [0.15, 0.2) is 48.5 Å². The van der Waals surface area contributed by atoms with E-state index in [-0.39, 0.29) is 11.8 Å². The minimum absolute atomic E-state index is 0.294. The summed E-state index contributed by atoms with van der Waals surface area (Å²) in [5.41, 5.74) is 0.428. The van der Waals surface area contributed by atoms with E-state index in [1.807, 2.05) is 0 Å². The van der Waals surface area contributed by atoms with Gasteiger partial charge in [0.05, 0.1) is 12.2 Å². The van der Waals surface area contributed by atoms with Crippen LogP contribution in [0.3, 0.4) is 0 Å². The summed E-state index contributed by atoms with van der Waals surface area (Å²) < 4.78 is 4.92. The van der Waals surface area contributed by atoms with Gasteiger partial charge in [0.15, 0.2) is 0 Å². The number of ether oxygens (including phenoxy) is 1. The van der Waals surface area contributed by atoms with Crippen LogP contribution in [0.5, 0.6) is 0 Å². The Morgan fingerprint density at radius 1 is 0.926 bits per heavy atom. The van der Waals surface area contributed by atoms with Crippen molar-refractivity contribution in [2.45, 2.75) is 19.8 Å². The van der Waals surface area contributed by atoms with E-state index in [1.165, 1.54) is 0 Å². The van der Waals surface area contributed by atoms with E-state index in [0.29, 0.717) is 41.4 Å². The molecule has 2 amide bonds. The lowest BCUT2D eigenvalue weighted by atomic mass is 10.0. The minimum atomic E-state index is -1.07. The maximum atomic E-state index is 12.6. The second-order valence-corrected chi connectivity index (χ2v) is 6.73. The number of amides is 2. The van der Waals surface area contributed by atoms with Crippen molar-refractivity contribution in [3.8, 4) is 0 Å². The summed E-state index contributed by atoms with van der Waals surface area (Å²) in [6, 6.07) is 13.1. The number of carbonyl (C=O) groups is 3. The van der Waals surface area contributed by atoms with Crippen LogP contribution >= 0.6 is 11.6 Å². The first-order valence-corrected chi connectivity index (χ1v) is 8.98. The van der Waals surface area contributed by atoms with Gasteiger partial charge in [-0.05, 0) is 68.3 Å². The molecule has 1 aliphatic rings. The molecule has 0 spiro atoms. The van der Waals surface area contributed by atoms with Gasteiger partial charge in [0.1, 0.15) is 5.41 Å².